The van der Waals surface area contributed by atoms with E-state index in [0.717, 1.165) is 24.2 Å². The molecule has 1 aromatic rings. The lowest BCUT2D eigenvalue weighted by Gasteiger charge is -2.47. The molecule has 1 fully saturated rings. The molecule has 7 nitrogen and oxygen atoms in total. The van der Waals surface area contributed by atoms with E-state index >= 15 is 0 Å². The van der Waals surface area contributed by atoms with Gasteiger partial charge in [0.1, 0.15) is 12.2 Å². The molecule has 0 radical (unpaired) electrons. The SMILES string of the molecule is CCc1nnc(N2CC(C)(OCC(=O)O)C2)nc1CC. The molecule has 2 heterocycles. The maximum atomic E-state index is 10.5. The van der Waals surface area contributed by atoms with Crippen LogP contribution in [0.4, 0.5) is 5.95 Å². The van der Waals surface area contributed by atoms with Crippen LogP contribution in [-0.2, 0) is 22.4 Å². The fourth-order valence-corrected chi connectivity index (χ4v) is 2.29. The molecule has 2 rings (SSSR count). The zero-order valence-electron chi connectivity index (χ0n) is 12.1. The summed E-state index contributed by atoms with van der Waals surface area (Å²) in [5.74, 6) is -0.362. The molecule has 1 N–H and O–H groups in total. The molecule has 0 unspecified atom stereocenters. The van der Waals surface area contributed by atoms with Crippen molar-refractivity contribution in [2.75, 3.05) is 24.6 Å². The van der Waals surface area contributed by atoms with Crippen LogP contribution in [0.2, 0.25) is 0 Å². The Bertz CT molecular complexity index is 500. The summed E-state index contributed by atoms with van der Waals surface area (Å²) in [4.78, 5) is 17.0. The van der Waals surface area contributed by atoms with Crippen LogP contribution in [0.1, 0.15) is 32.2 Å². The van der Waals surface area contributed by atoms with E-state index in [4.69, 9.17) is 9.84 Å². The number of carboxylic acids is 1. The van der Waals surface area contributed by atoms with E-state index in [-0.39, 0.29) is 6.61 Å². The first kappa shape index (κ1) is 14.6. The van der Waals surface area contributed by atoms with Gasteiger partial charge in [-0.15, -0.1) is 5.10 Å². The highest BCUT2D eigenvalue weighted by atomic mass is 16.5. The van der Waals surface area contributed by atoms with Crippen LogP contribution in [0.3, 0.4) is 0 Å². The third-order valence-corrected chi connectivity index (χ3v) is 3.38. The van der Waals surface area contributed by atoms with Gasteiger partial charge in [-0.3, -0.25) is 0 Å². The molecule has 1 aromatic heterocycles. The second kappa shape index (κ2) is 5.70. The number of aromatic nitrogens is 3. The third kappa shape index (κ3) is 3.04. The fourth-order valence-electron chi connectivity index (χ4n) is 2.29. The van der Waals surface area contributed by atoms with Crippen LogP contribution in [0.25, 0.3) is 0 Å². The van der Waals surface area contributed by atoms with Gasteiger partial charge >= 0.3 is 5.97 Å². The number of aliphatic carboxylic acids is 1. The number of carbonyl (C=O) groups is 1. The Balaban J connectivity index is 2.00. The van der Waals surface area contributed by atoms with Gasteiger partial charge in [0.15, 0.2) is 0 Å². The smallest absolute Gasteiger partial charge is 0.329 e. The lowest BCUT2D eigenvalue weighted by Crippen LogP contribution is -2.62. The number of rotatable bonds is 6. The quantitative estimate of drug-likeness (QED) is 0.819. The molecule has 1 aliphatic rings. The Morgan fingerprint density at radius 3 is 2.50 bits per heavy atom. The van der Waals surface area contributed by atoms with Gasteiger partial charge in [-0.05, 0) is 19.8 Å². The van der Waals surface area contributed by atoms with Crippen molar-refractivity contribution in [2.24, 2.45) is 0 Å². The summed E-state index contributed by atoms with van der Waals surface area (Å²) in [6, 6.07) is 0. The van der Waals surface area contributed by atoms with E-state index in [0.29, 0.717) is 19.0 Å². The Hall–Kier alpha value is -1.76. The number of nitrogens with zero attached hydrogens (tertiary/aromatic N) is 4. The van der Waals surface area contributed by atoms with E-state index in [9.17, 15) is 4.79 Å². The van der Waals surface area contributed by atoms with E-state index < -0.39 is 11.6 Å². The highest BCUT2D eigenvalue weighted by Crippen LogP contribution is 2.28. The van der Waals surface area contributed by atoms with Gasteiger partial charge in [0.2, 0.25) is 5.95 Å². The first-order valence-electron chi connectivity index (χ1n) is 6.80. The maximum Gasteiger partial charge on any atom is 0.329 e. The number of hydrogen-bond donors (Lipinski definition) is 1. The van der Waals surface area contributed by atoms with E-state index in [1.54, 1.807) is 0 Å². The summed E-state index contributed by atoms with van der Waals surface area (Å²) >= 11 is 0. The lowest BCUT2D eigenvalue weighted by molar-refractivity contribution is -0.150. The molecule has 110 valence electrons. The standard InChI is InChI=1S/C13H20N4O3/c1-4-9-10(5-2)15-16-12(14-9)17-7-13(3,8-17)20-6-11(18)19/h4-8H2,1-3H3,(H,18,19). The Kier molecular flexibility index (Phi) is 4.17. The zero-order valence-corrected chi connectivity index (χ0v) is 12.1. The van der Waals surface area contributed by atoms with Crippen LogP contribution in [0.15, 0.2) is 0 Å². The molecule has 0 bridgehead atoms. The van der Waals surface area contributed by atoms with Crippen molar-refractivity contribution in [3.05, 3.63) is 11.4 Å². The van der Waals surface area contributed by atoms with Crippen molar-refractivity contribution >= 4 is 11.9 Å². The van der Waals surface area contributed by atoms with Crippen LogP contribution < -0.4 is 4.90 Å². The highest BCUT2D eigenvalue weighted by Gasteiger charge is 2.41. The molecule has 1 saturated heterocycles. The molecule has 0 atom stereocenters. The minimum absolute atomic E-state index is 0.279. The van der Waals surface area contributed by atoms with Crippen molar-refractivity contribution in [1.82, 2.24) is 15.2 Å². The molecule has 1 aliphatic heterocycles. The topological polar surface area (TPSA) is 88.4 Å². The maximum absolute atomic E-state index is 10.5. The number of aryl methyl sites for hydroxylation is 2. The van der Waals surface area contributed by atoms with Crippen molar-refractivity contribution < 1.29 is 14.6 Å². The van der Waals surface area contributed by atoms with Gasteiger partial charge in [-0.2, -0.15) is 5.10 Å². The average molecular weight is 280 g/mol. The molecule has 0 aliphatic carbocycles. The number of carboxylic acid groups (broad SMARTS) is 1. The summed E-state index contributed by atoms with van der Waals surface area (Å²) < 4.78 is 5.36. The van der Waals surface area contributed by atoms with Crippen LogP contribution in [0.5, 0.6) is 0 Å². The molecule has 0 amide bonds. The Morgan fingerprint density at radius 1 is 1.30 bits per heavy atom. The van der Waals surface area contributed by atoms with Gasteiger partial charge in [0.25, 0.3) is 0 Å². The molecule has 20 heavy (non-hydrogen) atoms. The first-order valence-corrected chi connectivity index (χ1v) is 6.80. The molecule has 7 heteroatoms. The number of hydrogen-bond acceptors (Lipinski definition) is 6. The molecule has 0 spiro atoms. The minimum atomic E-state index is -0.955. The Morgan fingerprint density at radius 2 is 1.95 bits per heavy atom. The second-order valence-electron chi connectivity index (χ2n) is 5.20. The first-order chi connectivity index (χ1) is 9.47. The minimum Gasteiger partial charge on any atom is -0.480 e. The van der Waals surface area contributed by atoms with E-state index in [2.05, 4.69) is 15.2 Å². The summed E-state index contributed by atoms with van der Waals surface area (Å²) in [7, 11) is 0. The lowest BCUT2D eigenvalue weighted by atomic mass is 9.97. The molecule has 0 aromatic carbocycles. The van der Waals surface area contributed by atoms with Gasteiger partial charge in [0, 0.05) is 0 Å². The fraction of sp³-hybridized carbons (Fsp3) is 0.692. The Labute approximate surface area is 118 Å². The molecular formula is C13H20N4O3. The van der Waals surface area contributed by atoms with Gasteiger partial charge in [-0.1, -0.05) is 13.8 Å². The monoisotopic (exact) mass is 280 g/mol. The predicted octanol–water partition coefficient (Wildman–Crippen LogP) is 0.676. The van der Waals surface area contributed by atoms with Gasteiger partial charge < -0.3 is 14.7 Å². The van der Waals surface area contributed by atoms with Crippen molar-refractivity contribution in [3.8, 4) is 0 Å². The highest BCUT2D eigenvalue weighted by molar-refractivity contribution is 5.68. The number of anilines is 1. The average Bonchev–Trinajstić information content (AvgIpc) is 2.41. The van der Waals surface area contributed by atoms with Crippen molar-refractivity contribution in [1.29, 1.82) is 0 Å². The normalized spacial score (nSPS) is 16.9. The molecule has 0 saturated carbocycles. The van der Waals surface area contributed by atoms with Gasteiger partial charge in [-0.25, -0.2) is 9.78 Å². The third-order valence-electron chi connectivity index (χ3n) is 3.38. The van der Waals surface area contributed by atoms with E-state index in [1.165, 1.54) is 0 Å². The second-order valence-corrected chi connectivity index (χ2v) is 5.20. The van der Waals surface area contributed by atoms with Crippen molar-refractivity contribution in [3.63, 3.8) is 0 Å². The summed E-state index contributed by atoms with van der Waals surface area (Å²) in [6.07, 6.45) is 1.65. The largest absolute Gasteiger partial charge is 0.480 e. The van der Waals surface area contributed by atoms with Crippen LogP contribution in [0, 0.1) is 0 Å². The van der Waals surface area contributed by atoms with Gasteiger partial charge in [0.05, 0.1) is 24.5 Å². The summed E-state index contributed by atoms with van der Waals surface area (Å²) in [6.45, 7) is 6.85. The summed E-state index contributed by atoms with van der Waals surface area (Å²) in [5, 5.41) is 17.0. The summed E-state index contributed by atoms with van der Waals surface area (Å²) in [5.41, 5.74) is 1.46. The molecular weight excluding hydrogens is 260 g/mol. The van der Waals surface area contributed by atoms with E-state index in [1.807, 2.05) is 25.7 Å². The zero-order chi connectivity index (χ0) is 14.8. The number of ether oxygens (including phenoxy) is 1. The van der Waals surface area contributed by atoms with Crippen molar-refractivity contribution in [2.45, 2.75) is 39.2 Å². The van der Waals surface area contributed by atoms with Crippen LogP contribution in [-0.4, -0.2) is 51.6 Å². The predicted molar refractivity (Wildman–Crippen MR) is 72.8 cm³/mol. The van der Waals surface area contributed by atoms with Crippen LogP contribution >= 0.6 is 0 Å².